The van der Waals surface area contributed by atoms with Gasteiger partial charge in [0, 0.05) is 6.20 Å². The summed E-state index contributed by atoms with van der Waals surface area (Å²) in [6.45, 7) is 9.79. The van der Waals surface area contributed by atoms with E-state index in [0.717, 1.165) is 0 Å². The van der Waals surface area contributed by atoms with Crippen LogP contribution in [0.15, 0.2) is 25.0 Å². The largest absolute Gasteiger partial charge is 0.462 e. The molecule has 1 aromatic rings. The third-order valence-electron chi connectivity index (χ3n) is 2.18. The van der Waals surface area contributed by atoms with Gasteiger partial charge in [-0.1, -0.05) is 6.08 Å². The van der Waals surface area contributed by atoms with Gasteiger partial charge in [-0.3, -0.25) is 4.68 Å². The summed E-state index contributed by atoms with van der Waals surface area (Å²) < 4.78 is 6.56. The zero-order valence-corrected chi connectivity index (χ0v) is 9.36. The molecule has 15 heavy (non-hydrogen) atoms. The Morgan fingerprint density at radius 3 is 2.93 bits per heavy atom. The Morgan fingerprint density at radius 1 is 1.73 bits per heavy atom. The van der Waals surface area contributed by atoms with Crippen molar-refractivity contribution >= 4 is 5.97 Å². The summed E-state index contributed by atoms with van der Waals surface area (Å²) in [6, 6.07) is 0. The molecule has 1 aromatic heterocycles. The molecule has 0 aromatic carbocycles. The van der Waals surface area contributed by atoms with E-state index in [2.05, 4.69) is 11.7 Å². The number of rotatable bonds is 4. The Labute approximate surface area is 89.5 Å². The fourth-order valence-corrected chi connectivity index (χ4v) is 1.05. The van der Waals surface area contributed by atoms with Crippen LogP contribution in [0.1, 0.15) is 31.1 Å². The number of nitrogens with zero attached hydrogens (tertiary/aromatic N) is 2. The molecular formula is C11H16N2O2. The standard InChI is InChI=1S/C11H16N2O2/c1-5-11(3,4)13-8-9(7-12-13)10(14)15-6-2/h5,7-8H,1,6H2,2-4H3. The van der Waals surface area contributed by atoms with Crippen LogP contribution < -0.4 is 0 Å². The molecule has 0 fully saturated rings. The lowest BCUT2D eigenvalue weighted by Gasteiger charge is -2.20. The average Bonchev–Trinajstić information content (AvgIpc) is 2.67. The molecule has 0 N–H and O–H groups in total. The number of hydrogen-bond acceptors (Lipinski definition) is 3. The maximum atomic E-state index is 11.4. The molecule has 0 radical (unpaired) electrons. The first-order valence-corrected chi connectivity index (χ1v) is 4.87. The summed E-state index contributed by atoms with van der Waals surface area (Å²) in [4.78, 5) is 11.4. The van der Waals surface area contributed by atoms with Gasteiger partial charge in [-0.05, 0) is 20.8 Å². The second kappa shape index (κ2) is 4.29. The van der Waals surface area contributed by atoms with Gasteiger partial charge >= 0.3 is 5.97 Å². The van der Waals surface area contributed by atoms with Crippen LogP contribution >= 0.6 is 0 Å². The van der Waals surface area contributed by atoms with E-state index >= 15 is 0 Å². The molecule has 0 saturated heterocycles. The van der Waals surface area contributed by atoms with Crippen molar-refractivity contribution in [1.29, 1.82) is 0 Å². The maximum Gasteiger partial charge on any atom is 0.341 e. The number of esters is 1. The third kappa shape index (κ3) is 2.46. The molecule has 1 heterocycles. The maximum absolute atomic E-state index is 11.4. The second-order valence-corrected chi connectivity index (χ2v) is 3.75. The number of ether oxygens (including phenoxy) is 1. The quantitative estimate of drug-likeness (QED) is 0.561. The van der Waals surface area contributed by atoms with Gasteiger partial charge in [-0.15, -0.1) is 6.58 Å². The molecule has 0 spiro atoms. The summed E-state index contributed by atoms with van der Waals surface area (Å²) in [7, 11) is 0. The van der Waals surface area contributed by atoms with Crippen molar-refractivity contribution in [2.45, 2.75) is 26.3 Å². The van der Waals surface area contributed by atoms with E-state index < -0.39 is 0 Å². The molecule has 0 unspecified atom stereocenters. The minimum absolute atomic E-state index is 0.301. The van der Waals surface area contributed by atoms with E-state index in [-0.39, 0.29) is 11.5 Å². The summed E-state index contributed by atoms with van der Waals surface area (Å²) >= 11 is 0. The molecule has 0 amide bonds. The van der Waals surface area contributed by atoms with Crippen LogP contribution in [0.5, 0.6) is 0 Å². The van der Waals surface area contributed by atoms with Crippen molar-refractivity contribution in [3.63, 3.8) is 0 Å². The molecule has 1 rings (SSSR count). The minimum atomic E-state index is -0.344. The fourth-order valence-electron chi connectivity index (χ4n) is 1.05. The predicted molar refractivity (Wildman–Crippen MR) is 57.7 cm³/mol. The summed E-state index contributed by atoms with van der Waals surface area (Å²) in [5, 5.41) is 4.11. The first kappa shape index (κ1) is 11.5. The second-order valence-electron chi connectivity index (χ2n) is 3.75. The van der Waals surface area contributed by atoms with Gasteiger partial charge < -0.3 is 4.74 Å². The molecule has 4 nitrogen and oxygen atoms in total. The highest BCUT2D eigenvalue weighted by atomic mass is 16.5. The van der Waals surface area contributed by atoms with Gasteiger partial charge in [0.25, 0.3) is 0 Å². The molecule has 0 atom stereocenters. The van der Waals surface area contributed by atoms with Crippen molar-refractivity contribution in [3.8, 4) is 0 Å². The first-order chi connectivity index (χ1) is 7.01. The highest BCUT2D eigenvalue weighted by molar-refractivity contribution is 5.88. The average molecular weight is 208 g/mol. The van der Waals surface area contributed by atoms with E-state index in [1.165, 1.54) is 6.20 Å². The lowest BCUT2D eigenvalue weighted by Crippen LogP contribution is -2.23. The number of carbonyl (C=O) groups excluding carboxylic acids is 1. The van der Waals surface area contributed by atoms with Crippen LogP contribution in [0.4, 0.5) is 0 Å². The number of allylic oxidation sites excluding steroid dienone is 1. The molecule has 4 heteroatoms. The minimum Gasteiger partial charge on any atom is -0.462 e. The lowest BCUT2D eigenvalue weighted by atomic mass is 10.1. The van der Waals surface area contributed by atoms with Crippen molar-refractivity contribution in [3.05, 3.63) is 30.6 Å². The van der Waals surface area contributed by atoms with Crippen LogP contribution in [-0.2, 0) is 10.3 Å². The zero-order chi connectivity index (χ0) is 11.5. The molecule has 0 aliphatic rings. The molecule has 0 saturated carbocycles. The van der Waals surface area contributed by atoms with Gasteiger partial charge in [0.1, 0.15) is 0 Å². The predicted octanol–water partition coefficient (Wildman–Crippen LogP) is 1.98. The molecule has 0 bridgehead atoms. The smallest absolute Gasteiger partial charge is 0.341 e. The number of carbonyl (C=O) groups is 1. The van der Waals surface area contributed by atoms with E-state index in [0.29, 0.717) is 12.2 Å². The molecule has 0 aliphatic heterocycles. The normalized spacial score (nSPS) is 11.1. The zero-order valence-electron chi connectivity index (χ0n) is 9.36. The highest BCUT2D eigenvalue weighted by Crippen LogP contribution is 2.15. The van der Waals surface area contributed by atoms with Gasteiger partial charge in [0.05, 0.1) is 23.9 Å². The van der Waals surface area contributed by atoms with Crippen LogP contribution in [0.25, 0.3) is 0 Å². The fraction of sp³-hybridized carbons (Fsp3) is 0.455. The summed E-state index contributed by atoms with van der Waals surface area (Å²) in [6.07, 6.45) is 4.94. The highest BCUT2D eigenvalue weighted by Gasteiger charge is 2.18. The van der Waals surface area contributed by atoms with Crippen LogP contribution in [0.3, 0.4) is 0 Å². The van der Waals surface area contributed by atoms with Gasteiger partial charge in [-0.25, -0.2) is 4.79 Å². The Morgan fingerprint density at radius 2 is 2.40 bits per heavy atom. The molecular weight excluding hydrogens is 192 g/mol. The van der Waals surface area contributed by atoms with Gasteiger partial charge in [-0.2, -0.15) is 5.10 Å². The monoisotopic (exact) mass is 208 g/mol. The Kier molecular flexibility index (Phi) is 3.29. The van der Waals surface area contributed by atoms with E-state index in [9.17, 15) is 4.79 Å². The van der Waals surface area contributed by atoms with Crippen molar-refractivity contribution in [2.75, 3.05) is 6.61 Å². The van der Waals surface area contributed by atoms with Crippen molar-refractivity contribution in [2.24, 2.45) is 0 Å². The van der Waals surface area contributed by atoms with Crippen molar-refractivity contribution in [1.82, 2.24) is 9.78 Å². The van der Waals surface area contributed by atoms with Gasteiger partial charge in [0.15, 0.2) is 0 Å². The molecule has 82 valence electrons. The van der Waals surface area contributed by atoms with E-state index in [4.69, 9.17) is 4.74 Å². The Balaban J connectivity index is 2.90. The van der Waals surface area contributed by atoms with E-state index in [1.807, 2.05) is 13.8 Å². The van der Waals surface area contributed by atoms with Crippen LogP contribution in [0, 0.1) is 0 Å². The number of hydrogen-bond donors (Lipinski definition) is 0. The molecule has 0 aliphatic carbocycles. The summed E-state index contributed by atoms with van der Waals surface area (Å²) in [5.74, 6) is -0.344. The first-order valence-electron chi connectivity index (χ1n) is 4.87. The summed E-state index contributed by atoms with van der Waals surface area (Å²) in [5.41, 5.74) is 0.164. The lowest BCUT2D eigenvalue weighted by molar-refractivity contribution is 0.0526. The Hall–Kier alpha value is -1.58. The SMILES string of the molecule is C=CC(C)(C)n1cc(C(=O)OCC)cn1. The third-order valence-corrected chi connectivity index (χ3v) is 2.18. The van der Waals surface area contributed by atoms with Crippen LogP contribution in [0.2, 0.25) is 0 Å². The van der Waals surface area contributed by atoms with Crippen molar-refractivity contribution < 1.29 is 9.53 Å². The topological polar surface area (TPSA) is 44.1 Å². The Bertz CT molecular complexity index is 366. The number of aromatic nitrogens is 2. The van der Waals surface area contributed by atoms with Gasteiger partial charge in [0.2, 0.25) is 0 Å². The van der Waals surface area contributed by atoms with Crippen LogP contribution in [-0.4, -0.2) is 22.4 Å². The van der Waals surface area contributed by atoms with E-state index in [1.54, 1.807) is 23.9 Å².